The van der Waals surface area contributed by atoms with Gasteiger partial charge in [0.2, 0.25) is 0 Å². The van der Waals surface area contributed by atoms with Crippen molar-refractivity contribution in [3.63, 3.8) is 0 Å². The molecule has 5 aliphatic rings. The van der Waals surface area contributed by atoms with Crippen LogP contribution < -0.4 is 9.46 Å². The number of nitrogens with zero attached hydrogens (tertiary/aromatic N) is 6. The van der Waals surface area contributed by atoms with Gasteiger partial charge in [0.1, 0.15) is 5.75 Å². The zero-order valence-corrected chi connectivity index (χ0v) is 33.9. The molecule has 0 bridgehead atoms. The van der Waals surface area contributed by atoms with E-state index in [9.17, 15) is 18.0 Å². The molecule has 57 heavy (non-hydrogen) atoms. The minimum absolute atomic E-state index is 0.00472. The van der Waals surface area contributed by atoms with E-state index >= 15 is 0 Å². The Bertz CT molecular complexity index is 2320. The Balaban J connectivity index is 1.14. The number of hydrogen-bond donors (Lipinski definition) is 1. The van der Waals surface area contributed by atoms with E-state index < -0.39 is 16.1 Å². The third-order valence-corrected chi connectivity index (χ3v) is 14.5. The summed E-state index contributed by atoms with van der Waals surface area (Å²) in [6.45, 7) is 5.10. The highest BCUT2D eigenvalue weighted by Gasteiger charge is 2.34. The van der Waals surface area contributed by atoms with Crippen molar-refractivity contribution in [3.05, 3.63) is 70.5 Å². The van der Waals surface area contributed by atoms with E-state index in [1.807, 2.05) is 34.8 Å². The van der Waals surface area contributed by atoms with Gasteiger partial charge in [0.25, 0.3) is 11.8 Å². The smallest absolute Gasteiger partial charge is 0.304 e. The Morgan fingerprint density at radius 1 is 0.877 bits per heavy atom. The van der Waals surface area contributed by atoms with Crippen molar-refractivity contribution in [2.45, 2.75) is 76.3 Å². The highest BCUT2D eigenvalue weighted by Crippen LogP contribution is 2.48. The molecule has 1 saturated carbocycles. The normalized spacial score (nSPS) is 20.2. The first-order valence-corrected chi connectivity index (χ1v) is 22.1. The fourth-order valence-corrected chi connectivity index (χ4v) is 11.2. The molecule has 2 aromatic carbocycles. The number of carbonyl (C=O) groups excluding carboxylic acids is 2. The van der Waals surface area contributed by atoms with Crippen LogP contribution in [0.5, 0.6) is 5.75 Å². The Morgan fingerprint density at radius 3 is 2.37 bits per heavy atom. The standard InChI is InChI=1S/C43H53N7O6S/c1-46-40(37(27-44-46)43(52)48-18-14-33(15-19-48)47-16-6-7-17-47)32-24-31-25-34(55-2)11-13-35(31)41-39(29-8-4-3-5-9-29)36-12-10-30(26-38(36)50(41)28-32)42(51)45-57(53,54)49-20-22-56-23-21-49/h10-13,24-27,29,33H,3-9,14-23,28H2,1-2H3,(H,45,51). The molecule has 302 valence electrons. The summed E-state index contributed by atoms with van der Waals surface area (Å²) in [7, 11) is -0.498. The number of benzene rings is 2. The zero-order chi connectivity index (χ0) is 39.3. The quantitative estimate of drug-likeness (QED) is 0.242. The SMILES string of the molecule is COc1ccc2c(c1)C=C(c1c(C(=O)N3CCC(N4CCCC4)CC3)cnn1C)Cn1c-2c(C2CCCCC2)c2ccc(C(=O)NS(=O)(=O)N3CCOCC3)cc21. The van der Waals surface area contributed by atoms with Crippen LogP contribution in [-0.4, -0.2) is 114 Å². The van der Waals surface area contributed by atoms with Crippen molar-refractivity contribution in [3.8, 4) is 17.0 Å². The first-order chi connectivity index (χ1) is 27.7. The molecule has 14 heteroatoms. The average Bonchev–Trinajstić information content (AvgIpc) is 3.97. The Morgan fingerprint density at radius 2 is 1.63 bits per heavy atom. The van der Waals surface area contributed by atoms with Crippen molar-refractivity contribution in [1.29, 1.82) is 0 Å². The molecule has 13 nitrogen and oxygen atoms in total. The van der Waals surface area contributed by atoms with Crippen LogP contribution in [-0.2, 0) is 28.5 Å². The van der Waals surface area contributed by atoms with Crippen molar-refractivity contribution < 1.29 is 27.5 Å². The summed E-state index contributed by atoms with van der Waals surface area (Å²) in [4.78, 5) is 32.8. The molecule has 4 fully saturated rings. The van der Waals surface area contributed by atoms with Crippen molar-refractivity contribution in [2.75, 3.05) is 59.6 Å². The minimum Gasteiger partial charge on any atom is -0.497 e. The van der Waals surface area contributed by atoms with Crippen molar-refractivity contribution in [2.24, 2.45) is 7.05 Å². The lowest BCUT2D eigenvalue weighted by atomic mass is 9.81. The van der Waals surface area contributed by atoms with E-state index in [2.05, 4.69) is 37.5 Å². The van der Waals surface area contributed by atoms with Gasteiger partial charge in [0.15, 0.2) is 0 Å². The van der Waals surface area contributed by atoms with Gasteiger partial charge in [0, 0.05) is 61.3 Å². The second-order valence-electron chi connectivity index (χ2n) is 16.3. The van der Waals surface area contributed by atoms with Crippen molar-refractivity contribution >= 4 is 44.6 Å². The predicted molar refractivity (Wildman–Crippen MR) is 219 cm³/mol. The lowest BCUT2D eigenvalue weighted by Gasteiger charge is -2.36. The van der Waals surface area contributed by atoms with Crippen LogP contribution in [0.15, 0.2) is 42.6 Å². The fraction of sp³-hybridized carbons (Fsp3) is 0.512. The number of piperidine rings is 1. The molecule has 3 saturated heterocycles. The first-order valence-electron chi connectivity index (χ1n) is 20.7. The zero-order valence-electron chi connectivity index (χ0n) is 33.0. The maximum Gasteiger partial charge on any atom is 0.304 e. The summed E-state index contributed by atoms with van der Waals surface area (Å²) in [6.07, 6.45) is 14.0. The van der Waals surface area contributed by atoms with E-state index in [1.165, 1.54) is 29.1 Å². The van der Waals surface area contributed by atoms with E-state index in [1.54, 1.807) is 19.4 Å². The lowest BCUT2D eigenvalue weighted by molar-refractivity contribution is 0.0644. The van der Waals surface area contributed by atoms with Gasteiger partial charge in [0.05, 0.1) is 50.0 Å². The highest BCUT2D eigenvalue weighted by molar-refractivity contribution is 7.87. The lowest BCUT2D eigenvalue weighted by Crippen LogP contribution is -2.48. The van der Waals surface area contributed by atoms with E-state index in [4.69, 9.17) is 9.47 Å². The Labute approximate surface area is 334 Å². The molecule has 0 radical (unpaired) electrons. The molecule has 0 spiro atoms. The summed E-state index contributed by atoms with van der Waals surface area (Å²) in [5.74, 6) is 0.360. The maximum atomic E-state index is 14.5. The number of morpholine rings is 1. The number of methoxy groups -OCH3 is 1. The van der Waals surface area contributed by atoms with Crippen LogP contribution in [0.3, 0.4) is 0 Å². The Hall–Kier alpha value is -4.50. The molecule has 4 aliphatic heterocycles. The molecule has 4 aromatic rings. The van der Waals surface area contributed by atoms with E-state index in [-0.39, 0.29) is 37.8 Å². The fourth-order valence-electron chi connectivity index (χ4n) is 10.0. The molecule has 9 rings (SSSR count). The maximum absolute atomic E-state index is 14.5. The average molecular weight is 796 g/mol. The second-order valence-corrected chi connectivity index (χ2v) is 18.0. The van der Waals surface area contributed by atoms with Crippen LogP contribution in [0.25, 0.3) is 33.8 Å². The number of carbonyl (C=O) groups is 2. The third kappa shape index (κ3) is 7.19. The summed E-state index contributed by atoms with van der Waals surface area (Å²) < 4.78 is 45.3. The molecular formula is C43H53N7O6S. The minimum atomic E-state index is -4.06. The number of allylic oxidation sites excluding steroid dienone is 1. The first kappa shape index (κ1) is 38.0. The number of aromatic nitrogens is 3. The summed E-state index contributed by atoms with van der Waals surface area (Å²) in [6, 6.07) is 12.3. The number of amides is 2. The largest absolute Gasteiger partial charge is 0.497 e. The van der Waals surface area contributed by atoms with Crippen LogP contribution in [0.4, 0.5) is 0 Å². The molecular weight excluding hydrogens is 743 g/mol. The number of nitrogens with one attached hydrogen (secondary N) is 1. The van der Waals surface area contributed by atoms with E-state index in [0.717, 1.165) is 109 Å². The van der Waals surface area contributed by atoms with Gasteiger partial charge in [-0.25, -0.2) is 4.72 Å². The summed E-state index contributed by atoms with van der Waals surface area (Å²) in [5.41, 5.74) is 7.70. The molecule has 1 aliphatic carbocycles. The molecule has 0 atom stereocenters. The van der Waals surface area contributed by atoms with Crippen molar-refractivity contribution in [1.82, 2.24) is 33.2 Å². The van der Waals surface area contributed by atoms with Gasteiger partial charge in [-0.2, -0.15) is 17.8 Å². The number of ether oxygens (including phenoxy) is 2. The molecule has 2 amide bonds. The monoisotopic (exact) mass is 795 g/mol. The van der Waals surface area contributed by atoms with Crippen LogP contribution >= 0.6 is 0 Å². The topological polar surface area (TPSA) is 131 Å². The van der Waals surface area contributed by atoms with Gasteiger partial charge in [-0.1, -0.05) is 25.3 Å². The van der Waals surface area contributed by atoms with Crippen LogP contribution in [0.2, 0.25) is 0 Å². The number of aryl methyl sites for hydroxylation is 1. The Kier molecular flexibility index (Phi) is 10.5. The molecule has 6 heterocycles. The predicted octanol–water partition coefficient (Wildman–Crippen LogP) is 5.66. The van der Waals surface area contributed by atoms with Gasteiger partial charge >= 0.3 is 10.2 Å². The van der Waals surface area contributed by atoms with Gasteiger partial charge < -0.3 is 23.8 Å². The van der Waals surface area contributed by atoms with Gasteiger partial charge in [-0.3, -0.25) is 14.3 Å². The molecule has 0 unspecified atom stereocenters. The number of fused-ring (bicyclic) bond motifs is 5. The van der Waals surface area contributed by atoms with Crippen LogP contribution in [0, 0.1) is 0 Å². The molecule has 2 aromatic heterocycles. The third-order valence-electron chi connectivity index (χ3n) is 13.0. The second kappa shape index (κ2) is 15.7. The van der Waals surface area contributed by atoms with Crippen LogP contribution in [0.1, 0.15) is 101 Å². The number of rotatable bonds is 8. The highest BCUT2D eigenvalue weighted by atomic mass is 32.2. The van der Waals surface area contributed by atoms with Gasteiger partial charge in [-0.05, 0) is 111 Å². The number of hydrogen-bond acceptors (Lipinski definition) is 8. The van der Waals surface area contributed by atoms with E-state index in [0.29, 0.717) is 24.1 Å². The van der Waals surface area contributed by atoms with Gasteiger partial charge in [-0.15, -0.1) is 0 Å². The number of likely N-dealkylation sites (tertiary alicyclic amines) is 2. The molecule has 1 N–H and O–H groups in total. The summed E-state index contributed by atoms with van der Waals surface area (Å²) in [5, 5.41) is 5.73. The summed E-state index contributed by atoms with van der Waals surface area (Å²) >= 11 is 0.